The van der Waals surface area contributed by atoms with Crippen molar-refractivity contribution in [3.05, 3.63) is 11.6 Å². The molecular formula is C12H21N5O. The number of carbonyl (C=O) groups excluding carboxylic acids is 1. The maximum Gasteiger partial charge on any atom is 0.225 e. The van der Waals surface area contributed by atoms with Crippen molar-refractivity contribution >= 4 is 5.91 Å². The van der Waals surface area contributed by atoms with E-state index in [1.54, 1.807) is 0 Å². The minimum Gasteiger partial charge on any atom is -0.369 e. The highest BCUT2D eigenvalue weighted by molar-refractivity contribution is 5.75. The van der Waals surface area contributed by atoms with Gasteiger partial charge in [0.05, 0.1) is 6.42 Å². The zero-order valence-electron chi connectivity index (χ0n) is 10.9. The zero-order chi connectivity index (χ0) is 13.0. The van der Waals surface area contributed by atoms with E-state index in [4.69, 9.17) is 5.73 Å². The van der Waals surface area contributed by atoms with E-state index >= 15 is 0 Å². The summed E-state index contributed by atoms with van der Waals surface area (Å²) in [6.45, 7) is 4.99. The summed E-state index contributed by atoms with van der Waals surface area (Å²) in [5.41, 5.74) is 5.20. The van der Waals surface area contributed by atoms with Gasteiger partial charge in [-0.2, -0.15) is 5.10 Å². The van der Waals surface area contributed by atoms with E-state index < -0.39 is 0 Å². The Kier molecular flexibility index (Phi) is 4.30. The molecule has 1 aliphatic heterocycles. The van der Waals surface area contributed by atoms with Crippen molar-refractivity contribution in [1.82, 2.24) is 20.1 Å². The standard InChI is InChI=1S/C12H21N5O/c1-2-3-6-17-12(9-4-5-14-8-9)15-11(16-17)7-10(13)18/h9,14H,2-8H2,1H3,(H2,13,18). The summed E-state index contributed by atoms with van der Waals surface area (Å²) in [6, 6.07) is 0. The average molecular weight is 251 g/mol. The van der Waals surface area contributed by atoms with Crippen LogP contribution in [0.1, 0.15) is 43.8 Å². The Bertz CT molecular complexity index is 409. The molecule has 1 aromatic rings. The van der Waals surface area contributed by atoms with Gasteiger partial charge in [-0.05, 0) is 19.4 Å². The van der Waals surface area contributed by atoms with E-state index in [1.165, 1.54) is 0 Å². The highest BCUT2D eigenvalue weighted by Crippen LogP contribution is 2.21. The molecule has 0 bridgehead atoms. The number of primary amides is 1. The van der Waals surface area contributed by atoms with Gasteiger partial charge in [0.25, 0.3) is 0 Å². The summed E-state index contributed by atoms with van der Waals surface area (Å²) < 4.78 is 1.96. The van der Waals surface area contributed by atoms with Gasteiger partial charge in [-0.1, -0.05) is 13.3 Å². The monoisotopic (exact) mass is 251 g/mol. The molecule has 1 amide bonds. The van der Waals surface area contributed by atoms with Gasteiger partial charge in [0, 0.05) is 19.0 Å². The van der Waals surface area contributed by atoms with Gasteiger partial charge in [-0.15, -0.1) is 0 Å². The number of nitrogens with zero attached hydrogens (tertiary/aromatic N) is 3. The molecule has 1 atom stereocenters. The van der Waals surface area contributed by atoms with Crippen molar-refractivity contribution in [3.8, 4) is 0 Å². The molecule has 1 aliphatic rings. The van der Waals surface area contributed by atoms with Crippen LogP contribution in [0.15, 0.2) is 0 Å². The molecule has 1 saturated heterocycles. The van der Waals surface area contributed by atoms with Gasteiger partial charge < -0.3 is 11.1 Å². The van der Waals surface area contributed by atoms with Crippen LogP contribution in [0.25, 0.3) is 0 Å². The maximum atomic E-state index is 10.9. The number of amides is 1. The lowest BCUT2D eigenvalue weighted by Gasteiger charge is -2.09. The Labute approximate surface area is 107 Å². The fraction of sp³-hybridized carbons (Fsp3) is 0.750. The second-order valence-electron chi connectivity index (χ2n) is 4.80. The number of nitrogens with two attached hydrogens (primary N) is 1. The topological polar surface area (TPSA) is 85.8 Å². The first-order valence-corrected chi connectivity index (χ1v) is 6.63. The van der Waals surface area contributed by atoms with Crippen LogP contribution < -0.4 is 11.1 Å². The van der Waals surface area contributed by atoms with Crippen LogP contribution in [0.4, 0.5) is 0 Å². The number of unbranched alkanes of at least 4 members (excludes halogenated alkanes) is 1. The Morgan fingerprint density at radius 3 is 3.06 bits per heavy atom. The Hall–Kier alpha value is -1.43. The minimum absolute atomic E-state index is 0.131. The van der Waals surface area contributed by atoms with Gasteiger partial charge in [-0.25, -0.2) is 9.67 Å². The maximum absolute atomic E-state index is 10.9. The number of aryl methyl sites for hydroxylation is 1. The molecule has 0 spiro atoms. The molecule has 100 valence electrons. The predicted octanol–water partition coefficient (Wildman–Crippen LogP) is 0.183. The van der Waals surface area contributed by atoms with Crippen LogP contribution in [0, 0.1) is 0 Å². The van der Waals surface area contributed by atoms with Crippen LogP contribution in [0.2, 0.25) is 0 Å². The van der Waals surface area contributed by atoms with E-state index in [1.807, 2.05) is 4.68 Å². The normalized spacial score (nSPS) is 19.3. The van der Waals surface area contributed by atoms with Crippen molar-refractivity contribution in [2.45, 2.75) is 45.1 Å². The van der Waals surface area contributed by atoms with Crippen molar-refractivity contribution < 1.29 is 4.79 Å². The SMILES string of the molecule is CCCCn1nc(CC(N)=O)nc1C1CCNC1. The molecule has 1 aromatic heterocycles. The molecule has 0 radical (unpaired) electrons. The smallest absolute Gasteiger partial charge is 0.225 e. The Morgan fingerprint density at radius 2 is 2.44 bits per heavy atom. The second-order valence-corrected chi connectivity index (χ2v) is 4.80. The van der Waals surface area contributed by atoms with Gasteiger partial charge in [0.1, 0.15) is 5.82 Å². The van der Waals surface area contributed by atoms with Crippen molar-refractivity contribution in [3.63, 3.8) is 0 Å². The van der Waals surface area contributed by atoms with Gasteiger partial charge in [0.2, 0.25) is 5.91 Å². The molecule has 0 aromatic carbocycles. The van der Waals surface area contributed by atoms with Crippen LogP contribution in [-0.2, 0) is 17.8 Å². The van der Waals surface area contributed by atoms with Crippen LogP contribution in [-0.4, -0.2) is 33.8 Å². The molecule has 6 heteroatoms. The Morgan fingerprint density at radius 1 is 1.61 bits per heavy atom. The number of nitrogens with one attached hydrogen (secondary N) is 1. The summed E-state index contributed by atoms with van der Waals surface area (Å²) in [5.74, 6) is 1.60. The average Bonchev–Trinajstić information content (AvgIpc) is 2.93. The van der Waals surface area contributed by atoms with Crippen LogP contribution in [0.3, 0.4) is 0 Å². The van der Waals surface area contributed by atoms with E-state index in [0.717, 1.165) is 44.7 Å². The lowest BCUT2D eigenvalue weighted by molar-refractivity contribution is -0.117. The fourth-order valence-electron chi connectivity index (χ4n) is 2.28. The molecule has 6 nitrogen and oxygen atoms in total. The largest absolute Gasteiger partial charge is 0.369 e. The third kappa shape index (κ3) is 3.07. The van der Waals surface area contributed by atoms with Gasteiger partial charge in [0.15, 0.2) is 5.82 Å². The molecule has 0 saturated carbocycles. The lowest BCUT2D eigenvalue weighted by Crippen LogP contribution is -2.14. The summed E-state index contributed by atoms with van der Waals surface area (Å²) in [4.78, 5) is 15.4. The molecular weight excluding hydrogens is 230 g/mol. The third-order valence-electron chi connectivity index (χ3n) is 3.23. The summed E-state index contributed by atoms with van der Waals surface area (Å²) in [6.07, 6.45) is 3.41. The molecule has 2 heterocycles. The first kappa shape index (κ1) is 13.0. The van der Waals surface area contributed by atoms with Gasteiger partial charge >= 0.3 is 0 Å². The first-order valence-electron chi connectivity index (χ1n) is 6.63. The number of aromatic nitrogens is 3. The molecule has 1 fully saturated rings. The molecule has 3 N–H and O–H groups in total. The highest BCUT2D eigenvalue weighted by Gasteiger charge is 2.23. The van der Waals surface area contributed by atoms with Crippen molar-refractivity contribution in [2.75, 3.05) is 13.1 Å². The van der Waals surface area contributed by atoms with Crippen molar-refractivity contribution in [2.24, 2.45) is 5.73 Å². The summed E-state index contributed by atoms with van der Waals surface area (Å²) in [5, 5.41) is 7.74. The van der Waals surface area contributed by atoms with Crippen LogP contribution in [0.5, 0.6) is 0 Å². The molecule has 1 unspecified atom stereocenters. The van der Waals surface area contributed by atoms with Gasteiger partial charge in [-0.3, -0.25) is 4.79 Å². The summed E-state index contributed by atoms with van der Waals surface area (Å²) in [7, 11) is 0. The number of hydrogen-bond donors (Lipinski definition) is 2. The quantitative estimate of drug-likeness (QED) is 0.755. The highest BCUT2D eigenvalue weighted by atomic mass is 16.1. The molecule has 18 heavy (non-hydrogen) atoms. The summed E-state index contributed by atoms with van der Waals surface area (Å²) >= 11 is 0. The number of rotatable bonds is 6. The Balaban J connectivity index is 2.17. The minimum atomic E-state index is -0.376. The number of hydrogen-bond acceptors (Lipinski definition) is 4. The second kappa shape index (κ2) is 5.95. The lowest BCUT2D eigenvalue weighted by atomic mass is 10.1. The molecule has 0 aliphatic carbocycles. The fourth-order valence-corrected chi connectivity index (χ4v) is 2.28. The van der Waals surface area contributed by atoms with E-state index in [0.29, 0.717) is 11.7 Å². The van der Waals surface area contributed by atoms with Crippen molar-refractivity contribution in [1.29, 1.82) is 0 Å². The first-order chi connectivity index (χ1) is 8.70. The van der Waals surface area contributed by atoms with E-state index in [9.17, 15) is 4.79 Å². The molecule has 2 rings (SSSR count). The van der Waals surface area contributed by atoms with E-state index in [2.05, 4.69) is 22.3 Å². The van der Waals surface area contributed by atoms with E-state index in [-0.39, 0.29) is 12.3 Å². The third-order valence-corrected chi connectivity index (χ3v) is 3.23. The zero-order valence-corrected chi connectivity index (χ0v) is 10.9. The number of carbonyl (C=O) groups is 1. The van der Waals surface area contributed by atoms with Crippen LogP contribution >= 0.6 is 0 Å². The predicted molar refractivity (Wildman–Crippen MR) is 68.1 cm³/mol.